The highest BCUT2D eigenvalue weighted by atomic mass is 28.4. The predicted octanol–water partition coefficient (Wildman–Crippen LogP) is 1.32. The first-order valence-corrected chi connectivity index (χ1v) is 10.8. The second kappa shape index (κ2) is 24.5. The summed E-state index contributed by atoms with van der Waals surface area (Å²) < 4.78 is 33.8. The molecule has 0 spiro atoms. The van der Waals surface area contributed by atoms with E-state index in [2.05, 4.69) is 0 Å². The van der Waals surface area contributed by atoms with Crippen LogP contribution < -0.4 is 5.73 Å². The average molecular weight is 382 g/mol. The third kappa shape index (κ3) is 21.2. The van der Waals surface area contributed by atoms with Crippen molar-refractivity contribution in [1.29, 1.82) is 0 Å². The summed E-state index contributed by atoms with van der Waals surface area (Å²) in [5.41, 5.74) is 5.48. The molecule has 0 aromatic carbocycles. The van der Waals surface area contributed by atoms with Crippen LogP contribution in [0.1, 0.15) is 46.5 Å². The van der Waals surface area contributed by atoms with Gasteiger partial charge in [0.15, 0.2) is 0 Å². The maximum Gasteiger partial charge on any atom is 0.549 e. The third-order valence-electron chi connectivity index (χ3n) is 2.42. The maximum atomic E-state index is 9.56. The van der Waals surface area contributed by atoms with Gasteiger partial charge in [-0.2, -0.15) is 0 Å². The second-order valence-corrected chi connectivity index (χ2v) is 7.12. The van der Waals surface area contributed by atoms with Crippen LogP contribution in [0.15, 0.2) is 0 Å². The highest BCUT2D eigenvalue weighted by Gasteiger charge is 2.39. The Balaban J connectivity index is -0.000000367. The van der Waals surface area contributed by atoms with Crippen molar-refractivity contribution in [2.24, 2.45) is 5.73 Å². The minimum absolute atomic E-state index is 0.513. The highest BCUT2D eigenvalue weighted by Crippen LogP contribution is 2.17. The normalized spacial score (nSPS) is 9.67. The van der Waals surface area contributed by atoms with E-state index in [1.54, 1.807) is 0 Å². The number of hydrogen-bond donors (Lipinski definition) is 1. The zero-order valence-electron chi connectivity index (χ0n) is 15.0. The first kappa shape index (κ1) is 28.0. The summed E-state index contributed by atoms with van der Waals surface area (Å²) >= 11 is 0. The van der Waals surface area contributed by atoms with Gasteiger partial charge in [-0.1, -0.05) is 0 Å². The Bertz CT molecular complexity index is 288. The number of aldehydes is 2. The van der Waals surface area contributed by atoms with Crippen molar-refractivity contribution >= 4 is 30.7 Å². The molecule has 0 bridgehead atoms. The van der Waals surface area contributed by atoms with Gasteiger partial charge in [0.05, 0.1) is 0 Å². The van der Waals surface area contributed by atoms with Crippen molar-refractivity contribution in [3.8, 4) is 0 Å². The predicted molar refractivity (Wildman–Crippen MR) is 92.2 cm³/mol. The lowest BCUT2D eigenvalue weighted by atomic mass is 10.3. The third-order valence-corrected chi connectivity index (χ3v) is 5.58. The standard InChI is InChI=1S/C9H23NO3Si.C5H8O2.O2Si/c1-4-11-14(12-5-2,13-6-3)9-7-8-10;6-4-2-1-3-5-7;1-3-2/h4-10H2,1-3H3;4-5H,1-3H2;. The summed E-state index contributed by atoms with van der Waals surface area (Å²) in [4.78, 5) is 19.1. The van der Waals surface area contributed by atoms with Crippen molar-refractivity contribution in [3.63, 3.8) is 0 Å². The van der Waals surface area contributed by atoms with Crippen molar-refractivity contribution in [2.45, 2.75) is 52.5 Å². The molecule has 24 heavy (non-hydrogen) atoms. The molecule has 0 aliphatic heterocycles. The first-order chi connectivity index (χ1) is 11.6. The lowest BCUT2D eigenvalue weighted by Crippen LogP contribution is -2.46. The van der Waals surface area contributed by atoms with Crippen LogP contribution in [-0.2, 0) is 31.8 Å². The van der Waals surface area contributed by atoms with Gasteiger partial charge in [-0.05, 0) is 40.2 Å². The van der Waals surface area contributed by atoms with Crippen LogP contribution in [0.2, 0.25) is 6.04 Å². The minimum atomic E-state index is -2.40. The van der Waals surface area contributed by atoms with Gasteiger partial charge in [-0.15, -0.1) is 0 Å². The van der Waals surface area contributed by atoms with Gasteiger partial charge in [0, 0.05) is 38.7 Å². The molecule has 0 rings (SSSR count). The van der Waals surface area contributed by atoms with E-state index in [0.717, 1.165) is 25.0 Å². The molecule has 0 aromatic rings. The molecule has 8 nitrogen and oxygen atoms in total. The quantitative estimate of drug-likeness (QED) is 0.288. The molecule has 2 N–H and O–H groups in total. The Hall–Kier alpha value is -0.786. The SMILES string of the molecule is CCO[Si](CCCN)(OCC)OCC.O=CCCCC=O.O=[Si]=O. The Morgan fingerprint density at radius 2 is 1.25 bits per heavy atom. The van der Waals surface area contributed by atoms with Gasteiger partial charge < -0.3 is 28.6 Å². The molecule has 0 radical (unpaired) electrons. The summed E-state index contributed by atoms with van der Waals surface area (Å²) in [5.74, 6) is 0. The van der Waals surface area contributed by atoms with Gasteiger partial charge in [-0.3, -0.25) is 8.92 Å². The van der Waals surface area contributed by atoms with Gasteiger partial charge in [0.2, 0.25) is 0 Å². The molecule has 0 amide bonds. The van der Waals surface area contributed by atoms with Crippen LogP contribution in [0, 0.1) is 0 Å². The monoisotopic (exact) mass is 381 g/mol. The molecule has 0 saturated heterocycles. The fourth-order valence-corrected chi connectivity index (χ4v) is 4.24. The van der Waals surface area contributed by atoms with Crippen LogP contribution in [0.25, 0.3) is 0 Å². The van der Waals surface area contributed by atoms with Crippen LogP contribution in [0.4, 0.5) is 0 Å². The largest absolute Gasteiger partial charge is 0.549 e. The molecule has 0 fully saturated rings. The van der Waals surface area contributed by atoms with E-state index in [1.165, 1.54) is 0 Å². The zero-order valence-corrected chi connectivity index (χ0v) is 17.0. The topological polar surface area (TPSA) is 122 Å². The fourth-order valence-electron chi connectivity index (χ4n) is 1.60. The van der Waals surface area contributed by atoms with Gasteiger partial charge in [0.1, 0.15) is 12.6 Å². The summed E-state index contributed by atoms with van der Waals surface area (Å²) in [7, 11) is -3.81. The molecule has 142 valence electrons. The van der Waals surface area contributed by atoms with Gasteiger partial charge >= 0.3 is 18.1 Å². The molecule has 0 saturated carbocycles. The maximum absolute atomic E-state index is 9.56. The first-order valence-electron chi connectivity index (χ1n) is 8.06. The van der Waals surface area contributed by atoms with Crippen molar-refractivity contribution in [3.05, 3.63) is 0 Å². The summed E-state index contributed by atoms with van der Waals surface area (Å²) in [6.45, 7) is 8.44. The number of nitrogens with two attached hydrogens (primary N) is 1. The molecule has 0 atom stereocenters. The summed E-state index contributed by atoms with van der Waals surface area (Å²) in [5, 5.41) is 0. The van der Waals surface area contributed by atoms with Crippen LogP contribution in [0.3, 0.4) is 0 Å². The molecule has 0 aromatic heterocycles. The number of unbranched alkanes of at least 4 members (excludes halogenated alkanes) is 2. The van der Waals surface area contributed by atoms with Crippen molar-refractivity contribution in [2.75, 3.05) is 26.4 Å². The molecule has 0 aliphatic rings. The van der Waals surface area contributed by atoms with E-state index in [4.69, 9.17) is 27.9 Å². The van der Waals surface area contributed by atoms with Gasteiger partial charge in [0.25, 0.3) is 0 Å². The molecule has 0 unspecified atom stereocenters. The average Bonchev–Trinajstić information content (AvgIpc) is 2.56. The second-order valence-electron chi connectivity index (χ2n) is 4.22. The molecular weight excluding hydrogens is 350 g/mol. The van der Waals surface area contributed by atoms with Crippen LogP contribution in [0.5, 0.6) is 0 Å². The fraction of sp³-hybridized carbons (Fsp3) is 0.857. The Kier molecular flexibility index (Phi) is 28.6. The van der Waals surface area contributed by atoms with E-state index in [9.17, 15) is 9.59 Å². The molecule has 10 heteroatoms. The van der Waals surface area contributed by atoms with E-state index in [1.807, 2.05) is 20.8 Å². The summed E-state index contributed by atoms with van der Waals surface area (Å²) in [6.07, 6.45) is 4.27. The molecule has 0 aliphatic carbocycles. The number of rotatable bonds is 13. The number of carbonyl (C=O) groups excluding carboxylic acids is 2. The minimum Gasteiger partial charge on any atom is -0.374 e. The van der Waals surface area contributed by atoms with Crippen molar-refractivity contribution in [1.82, 2.24) is 0 Å². The number of hydrogen-bond acceptors (Lipinski definition) is 8. The van der Waals surface area contributed by atoms with E-state index >= 15 is 0 Å². The lowest BCUT2D eigenvalue weighted by Gasteiger charge is -2.28. The molecule has 0 heterocycles. The number of carbonyl (C=O) groups is 2. The van der Waals surface area contributed by atoms with E-state index < -0.39 is 18.1 Å². The smallest absolute Gasteiger partial charge is 0.374 e. The summed E-state index contributed by atoms with van der Waals surface area (Å²) in [6, 6.07) is 0.818. The van der Waals surface area contributed by atoms with Gasteiger partial charge in [-0.25, -0.2) is 0 Å². The van der Waals surface area contributed by atoms with E-state index in [-0.39, 0.29) is 0 Å². The lowest BCUT2D eigenvalue weighted by molar-refractivity contribution is -0.108. The highest BCUT2D eigenvalue weighted by molar-refractivity contribution is 6.60. The Labute approximate surface area is 147 Å². The van der Waals surface area contributed by atoms with Crippen LogP contribution >= 0.6 is 0 Å². The molecular formula is C14H31NO7Si2. The Morgan fingerprint density at radius 1 is 0.875 bits per heavy atom. The van der Waals surface area contributed by atoms with Crippen LogP contribution in [-0.4, -0.2) is 57.0 Å². The van der Waals surface area contributed by atoms with Crippen molar-refractivity contribution < 1.29 is 31.8 Å². The Morgan fingerprint density at radius 3 is 1.50 bits per heavy atom. The van der Waals surface area contributed by atoms with E-state index in [0.29, 0.717) is 45.6 Å². The zero-order chi connectivity index (χ0) is 19.1.